The Morgan fingerprint density at radius 2 is 1.88 bits per heavy atom. The molecule has 4 rings (SSSR count). The Bertz CT molecular complexity index is 865. The highest BCUT2D eigenvalue weighted by Gasteiger charge is 2.32. The Hall–Kier alpha value is -2.15. The van der Waals surface area contributed by atoms with Gasteiger partial charge in [0.2, 0.25) is 5.91 Å². The molecule has 1 fully saturated rings. The number of H-pyrrole nitrogens is 1. The number of phenolic OH excluding ortho intramolecular Hbond substituents is 1. The SMILES string of the molecule is O=C1CSC(c2cccc(O)c2)c2c(n(C3CCCCCC3)[nH]c2=O)N1. The molecule has 1 atom stereocenters. The lowest BCUT2D eigenvalue weighted by atomic mass is 10.1. The molecule has 0 bridgehead atoms. The summed E-state index contributed by atoms with van der Waals surface area (Å²) >= 11 is 1.42. The quantitative estimate of drug-likeness (QED) is 0.703. The maximum atomic E-state index is 12.8. The van der Waals surface area contributed by atoms with Crippen LogP contribution in [0.3, 0.4) is 0 Å². The van der Waals surface area contributed by atoms with Crippen LogP contribution in [0, 0.1) is 0 Å². The summed E-state index contributed by atoms with van der Waals surface area (Å²) in [6.07, 6.45) is 6.74. The zero-order valence-corrected chi connectivity index (χ0v) is 15.3. The van der Waals surface area contributed by atoms with Crippen LogP contribution in [0.4, 0.5) is 5.82 Å². The van der Waals surface area contributed by atoms with Crippen LogP contribution in [0.15, 0.2) is 29.1 Å². The lowest BCUT2D eigenvalue weighted by molar-refractivity contribution is -0.113. The number of nitrogens with zero attached hydrogens (tertiary/aromatic N) is 1. The maximum Gasteiger partial charge on any atom is 0.270 e. The number of aromatic amines is 1. The molecule has 0 radical (unpaired) electrons. The van der Waals surface area contributed by atoms with E-state index in [2.05, 4.69) is 10.4 Å². The van der Waals surface area contributed by atoms with Gasteiger partial charge in [-0.05, 0) is 30.5 Å². The summed E-state index contributed by atoms with van der Waals surface area (Å²) in [4.78, 5) is 25.1. The molecule has 2 aromatic rings. The molecule has 1 aliphatic heterocycles. The normalized spacial score (nSPS) is 21.5. The van der Waals surface area contributed by atoms with Crippen molar-refractivity contribution >= 4 is 23.5 Å². The van der Waals surface area contributed by atoms with Gasteiger partial charge >= 0.3 is 0 Å². The van der Waals surface area contributed by atoms with Gasteiger partial charge in [-0.1, -0.05) is 37.8 Å². The predicted molar refractivity (Wildman–Crippen MR) is 103 cm³/mol. The Labute approximate surface area is 156 Å². The molecule has 2 heterocycles. The van der Waals surface area contributed by atoms with E-state index < -0.39 is 0 Å². The van der Waals surface area contributed by atoms with E-state index in [-0.39, 0.29) is 34.3 Å². The van der Waals surface area contributed by atoms with E-state index in [4.69, 9.17) is 0 Å². The molecular weight excluding hydrogens is 350 g/mol. The van der Waals surface area contributed by atoms with Crippen LogP contribution in [0.1, 0.15) is 60.9 Å². The molecule has 6 nitrogen and oxygen atoms in total. The summed E-state index contributed by atoms with van der Waals surface area (Å²) in [6.45, 7) is 0. The van der Waals surface area contributed by atoms with Crippen LogP contribution in [0.25, 0.3) is 0 Å². The Kier molecular flexibility index (Phi) is 4.80. The lowest BCUT2D eigenvalue weighted by Crippen LogP contribution is -2.19. The molecule has 26 heavy (non-hydrogen) atoms. The van der Waals surface area contributed by atoms with Crippen molar-refractivity contribution in [2.24, 2.45) is 0 Å². The van der Waals surface area contributed by atoms with Crippen molar-refractivity contribution in [1.82, 2.24) is 9.78 Å². The number of nitrogens with one attached hydrogen (secondary N) is 2. The van der Waals surface area contributed by atoms with Gasteiger partial charge in [0.15, 0.2) is 0 Å². The Morgan fingerprint density at radius 3 is 2.62 bits per heavy atom. The first-order valence-corrected chi connectivity index (χ1v) is 10.2. The minimum atomic E-state index is -0.285. The number of rotatable bonds is 2. The van der Waals surface area contributed by atoms with E-state index in [0.717, 1.165) is 31.2 Å². The van der Waals surface area contributed by atoms with Crippen molar-refractivity contribution in [2.75, 3.05) is 11.1 Å². The van der Waals surface area contributed by atoms with Gasteiger partial charge in [0.25, 0.3) is 5.56 Å². The van der Waals surface area contributed by atoms with E-state index in [0.29, 0.717) is 11.4 Å². The number of hydrogen-bond donors (Lipinski definition) is 3. The summed E-state index contributed by atoms with van der Waals surface area (Å²) in [6, 6.07) is 7.14. The third kappa shape index (κ3) is 3.28. The van der Waals surface area contributed by atoms with Gasteiger partial charge in [-0.2, -0.15) is 0 Å². The zero-order chi connectivity index (χ0) is 18.1. The number of aromatic nitrogens is 2. The van der Waals surface area contributed by atoms with Crippen LogP contribution < -0.4 is 10.9 Å². The molecule has 3 N–H and O–H groups in total. The van der Waals surface area contributed by atoms with Crippen molar-refractivity contribution < 1.29 is 9.90 Å². The van der Waals surface area contributed by atoms with Crippen LogP contribution >= 0.6 is 11.8 Å². The van der Waals surface area contributed by atoms with E-state index in [1.165, 1.54) is 24.6 Å². The van der Waals surface area contributed by atoms with Gasteiger partial charge in [-0.3, -0.25) is 19.4 Å². The van der Waals surface area contributed by atoms with Crippen LogP contribution in [-0.4, -0.2) is 26.5 Å². The third-order valence-electron chi connectivity index (χ3n) is 5.23. The summed E-state index contributed by atoms with van der Waals surface area (Å²) in [5.74, 6) is 0.942. The Balaban J connectivity index is 1.81. The number of hydrogen-bond acceptors (Lipinski definition) is 4. The minimum Gasteiger partial charge on any atom is -0.508 e. The van der Waals surface area contributed by atoms with Gasteiger partial charge in [-0.25, -0.2) is 0 Å². The second-order valence-electron chi connectivity index (χ2n) is 7.05. The minimum absolute atomic E-state index is 0.0970. The van der Waals surface area contributed by atoms with Gasteiger partial charge in [0.1, 0.15) is 11.6 Å². The fourth-order valence-corrected chi connectivity index (χ4v) is 5.10. The van der Waals surface area contributed by atoms with Crippen molar-refractivity contribution in [3.05, 3.63) is 45.7 Å². The van der Waals surface area contributed by atoms with Crippen molar-refractivity contribution in [1.29, 1.82) is 0 Å². The molecule has 1 saturated carbocycles. The van der Waals surface area contributed by atoms with Gasteiger partial charge in [-0.15, -0.1) is 11.8 Å². The molecule has 0 saturated heterocycles. The lowest BCUT2D eigenvalue weighted by Gasteiger charge is -2.19. The number of carbonyl (C=O) groups is 1. The Morgan fingerprint density at radius 1 is 1.12 bits per heavy atom. The molecule has 1 unspecified atom stereocenters. The largest absolute Gasteiger partial charge is 0.508 e. The van der Waals surface area contributed by atoms with E-state index in [1.807, 2.05) is 10.7 Å². The number of carbonyl (C=O) groups excluding carboxylic acids is 1. The fourth-order valence-electron chi connectivity index (χ4n) is 3.98. The van der Waals surface area contributed by atoms with Gasteiger partial charge < -0.3 is 10.4 Å². The van der Waals surface area contributed by atoms with Crippen LogP contribution in [0.5, 0.6) is 5.75 Å². The highest BCUT2D eigenvalue weighted by atomic mass is 32.2. The molecule has 1 amide bonds. The van der Waals surface area contributed by atoms with E-state index in [1.54, 1.807) is 18.2 Å². The second kappa shape index (κ2) is 7.23. The second-order valence-corrected chi connectivity index (χ2v) is 8.15. The zero-order valence-electron chi connectivity index (χ0n) is 14.5. The van der Waals surface area contributed by atoms with Crippen LogP contribution in [-0.2, 0) is 4.79 Å². The van der Waals surface area contributed by atoms with Crippen LogP contribution in [0.2, 0.25) is 0 Å². The standard InChI is InChI=1S/C19H23N3O3S/c23-14-9-5-6-12(10-14)17-16-18(20-15(24)11-26-17)22(21-19(16)25)13-7-3-1-2-4-8-13/h5-6,9-10,13,17,23H,1-4,7-8,11H2,(H,20,24)(H,21,25). The first-order chi connectivity index (χ1) is 12.6. The summed E-state index contributed by atoms with van der Waals surface area (Å²) in [5.41, 5.74) is 1.25. The topological polar surface area (TPSA) is 87.1 Å². The molecule has 1 aromatic carbocycles. The molecule has 2 aliphatic rings. The number of phenols is 1. The summed E-state index contributed by atoms with van der Waals surface area (Å²) in [5, 5.41) is 15.5. The first-order valence-electron chi connectivity index (χ1n) is 9.18. The summed E-state index contributed by atoms with van der Waals surface area (Å²) in [7, 11) is 0. The number of anilines is 1. The molecule has 138 valence electrons. The molecule has 7 heteroatoms. The molecule has 0 spiro atoms. The average Bonchev–Trinajstić information content (AvgIpc) is 2.83. The highest BCUT2D eigenvalue weighted by Crippen LogP contribution is 2.42. The monoisotopic (exact) mass is 373 g/mol. The van der Waals surface area contributed by atoms with E-state index >= 15 is 0 Å². The van der Waals surface area contributed by atoms with Gasteiger partial charge in [0.05, 0.1) is 22.6 Å². The number of aromatic hydroxyl groups is 1. The number of thioether (sulfide) groups is 1. The maximum absolute atomic E-state index is 12.8. The number of fused-ring (bicyclic) bond motifs is 1. The fraction of sp³-hybridized carbons (Fsp3) is 0.474. The molecule has 1 aromatic heterocycles. The van der Waals surface area contributed by atoms with Crippen molar-refractivity contribution in [2.45, 2.75) is 49.8 Å². The van der Waals surface area contributed by atoms with E-state index in [9.17, 15) is 14.7 Å². The average molecular weight is 373 g/mol. The number of benzene rings is 1. The molecular formula is C19H23N3O3S. The summed E-state index contributed by atoms with van der Waals surface area (Å²) < 4.78 is 1.89. The predicted octanol–water partition coefficient (Wildman–Crippen LogP) is 3.55. The van der Waals surface area contributed by atoms with Crippen molar-refractivity contribution in [3.63, 3.8) is 0 Å². The molecule has 1 aliphatic carbocycles. The van der Waals surface area contributed by atoms with Gasteiger partial charge in [0, 0.05) is 0 Å². The first kappa shape index (κ1) is 17.3. The highest BCUT2D eigenvalue weighted by molar-refractivity contribution is 8.00. The number of amides is 1. The van der Waals surface area contributed by atoms with Crippen molar-refractivity contribution in [3.8, 4) is 5.75 Å². The smallest absolute Gasteiger partial charge is 0.270 e. The third-order valence-corrected chi connectivity index (χ3v) is 6.50.